The van der Waals surface area contributed by atoms with Crippen molar-refractivity contribution in [3.8, 4) is 0 Å². The van der Waals surface area contributed by atoms with Crippen LogP contribution in [0.1, 0.15) is 40.5 Å². The molecule has 20 heavy (non-hydrogen) atoms. The number of halogens is 2. The van der Waals surface area contributed by atoms with Crippen molar-refractivity contribution < 1.29 is 18.3 Å². The number of nitrogens with zero attached hydrogens (tertiary/aromatic N) is 1. The molecule has 6 heteroatoms. The second kappa shape index (κ2) is 4.55. The van der Waals surface area contributed by atoms with Gasteiger partial charge in [-0.25, -0.2) is 13.6 Å². The molecule has 1 amide bonds. The van der Waals surface area contributed by atoms with Gasteiger partial charge in [-0.05, 0) is 39.0 Å². The summed E-state index contributed by atoms with van der Waals surface area (Å²) in [5.74, 6) is -3.04. The van der Waals surface area contributed by atoms with E-state index in [1.165, 1.54) is 0 Å². The minimum absolute atomic E-state index is 0.0466. The molecule has 0 aromatic rings. The molecular weight excluding hydrogens is 266 g/mol. The van der Waals surface area contributed by atoms with Crippen LogP contribution in [0.3, 0.4) is 0 Å². The van der Waals surface area contributed by atoms with Gasteiger partial charge in [0.05, 0.1) is 5.54 Å². The molecule has 2 N–H and O–H groups in total. The van der Waals surface area contributed by atoms with E-state index in [0.29, 0.717) is 19.5 Å². The summed E-state index contributed by atoms with van der Waals surface area (Å²) in [5, 5.41) is 0. The van der Waals surface area contributed by atoms with E-state index >= 15 is 0 Å². The van der Waals surface area contributed by atoms with Gasteiger partial charge in [0.1, 0.15) is 5.60 Å². The van der Waals surface area contributed by atoms with Crippen LogP contribution < -0.4 is 5.73 Å². The summed E-state index contributed by atoms with van der Waals surface area (Å²) in [5.41, 5.74) is 3.91. The van der Waals surface area contributed by atoms with Gasteiger partial charge >= 0.3 is 6.09 Å². The third-order valence-corrected chi connectivity index (χ3v) is 4.29. The topological polar surface area (TPSA) is 55.6 Å². The summed E-state index contributed by atoms with van der Waals surface area (Å²) in [6.07, 6.45) is -0.107. The molecule has 0 aromatic heterocycles. The highest BCUT2D eigenvalue weighted by Gasteiger charge is 2.72. The van der Waals surface area contributed by atoms with E-state index < -0.39 is 17.1 Å². The maximum absolute atomic E-state index is 13.4. The van der Waals surface area contributed by atoms with E-state index in [1.807, 2.05) is 6.92 Å². The van der Waals surface area contributed by atoms with Crippen LogP contribution in [-0.2, 0) is 4.74 Å². The number of alkyl halides is 2. The lowest BCUT2D eigenvalue weighted by Gasteiger charge is -2.40. The van der Waals surface area contributed by atoms with Crippen molar-refractivity contribution in [2.45, 2.75) is 57.6 Å². The number of nitrogens with two attached hydrogens (primary N) is 1. The Balaban J connectivity index is 1.95. The Hall–Kier alpha value is -0.910. The fraction of sp³-hybridized carbons (Fsp3) is 0.929. The predicted octanol–water partition coefficient (Wildman–Crippen LogP) is 2.62. The molecule has 0 radical (unpaired) electrons. The number of piperidine rings is 1. The number of likely N-dealkylation sites (tertiary alicyclic amines) is 1. The van der Waals surface area contributed by atoms with Crippen LogP contribution in [0.4, 0.5) is 13.6 Å². The molecule has 2 aliphatic rings. The molecule has 0 spiro atoms. The Morgan fingerprint density at radius 1 is 1.40 bits per heavy atom. The van der Waals surface area contributed by atoms with Crippen LogP contribution in [0.5, 0.6) is 0 Å². The third-order valence-electron chi connectivity index (χ3n) is 4.29. The maximum Gasteiger partial charge on any atom is 0.410 e. The molecule has 1 saturated heterocycles. The van der Waals surface area contributed by atoms with E-state index in [2.05, 4.69) is 0 Å². The lowest BCUT2D eigenvalue weighted by atomic mass is 9.79. The van der Waals surface area contributed by atoms with Gasteiger partial charge in [-0.1, -0.05) is 6.92 Å². The Bertz CT molecular complexity index is 408. The quantitative estimate of drug-likeness (QED) is 0.807. The molecule has 1 aliphatic heterocycles. The van der Waals surface area contributed by atoms with Crippen molar-refractivity contribution in [3.63, 3.8) is 0 Å². The average Bonchev–Trinajstić information content (AvgIpc) is 2.76. The monoisotopic (exact) mass is 290 g/mol. The second-order valence-corrected chi connectivity index (χ2v) is 7.22. The van der Waals surface area contributed by atoms with Gasteiger partial charge in [0.15, 0.2) is 0 Å². The first-order chi connectivity index (χ1) is 8.96. The van der Waals surface area contributed by atoms with Crippen molar-refractivity contribution in [2.24, 2.45) is 17.6 Å². The molecule has 1 heterocycles. The predicted molar refractivity (Wildman–Crippen MR) is 71.6 cm³/mol. The summed E-state index contributed by atoms with van der Waals surface area (Å²) in [7, 11) is 0. The summed E-state index contributed by atoms with van der Waals surface area (Å²) < 4.78 is 32.1. The molecule has 4 nitrogen and oxygen atoms in total. The normalized spacial score (nSPS) is 36.6. The SMILES string of the molecule is CC1CN(C(=O)OC(C)(C)C)CCC1C1(N)CC1(F)F. The first kappa shape index (κ1) is 15.5. The van der Waals surface area contributed by atoms with Crippen molar-refractivity contribution >= 4 is 6.09 Å². The lowest BCUT2D eigenvalue weighted by Crippen LogP contribution is -2.52. The van der Waals surface area contributed by atoms with Crippen molar-refractivity contribution in [1.82, 2.24) is 4.90 Å². The molecule has 3 unspecified atom stereocenters. The van der Waals surface area contributed by atoms with Crippen molar-refractivity contribution in [3.05, 3.63) is 0 Å². The van der Waals surface area contributed by atoms with E-state index in [0.717, 1.165) is 0 Å². The minimum atomic E-state index is -2.75. The zero-order valence-electron chi connectivity index (χ0n) is 12.6. The highest BCUT2D eigenvalue weighted by molar-refractivity contribution is 5.68. The van der Waals surface area contributed by atoms with Crippen LogP contribution >= 0.6 is 0 Å². The van der Waals surface area contributed by atoms with Gasteiger partial charge in [-0.3, -0.25) is 0 Å². The average molecular weight is 290 g/mol. The third kappa shape index (κ3) is 2.75. The number of hydrogen-bond donors (Lipinski definition) is 1. The number of hydrogen-bond acceptors (Lipinski definition) is 3. The van der Waals surface area contributed by atoms with Gasteiger partial charge in [0.25, 0.3) is 5.92 Å². The standard InChI is InChI=1S/C14H24F2N2O2/c1-9-7-18(11(19)20-12(2,3)4)6-5-10(9)13(17)8-14(13,15)16/h9-10H,5-8,17H2,1-4H3. The smallest absolute Gasteiger partial charge is 0.410 e. The number of rotatable bonds is 1. The minimum Gasteiger partial charge on any atom is -0.444 e. The van der Waals surface area contributed by atoms with E-state index in [4.69, 9.17) is 10.5 Å². The Morgan fingerprint density at radius 2 is 1.95 bits per heavy atom. The summed E-state index contributed by atoms with van der Waals surface area (Å²) in [6, 6.07) is 0. The van der Waals surface area contributed by atoms with Crippen LogP contribution in [0.2, 0.25) is 0 Å². The van der Waals surface area contributed by atoms with E-state index in [-0.39, 0.29) is 24.3 Å². The maximum atomic E-state index is 13.4. The van der Waals surface area contributed by atoms with Gasteiger partial charge in [-0.15, -0.1) is 0 Å². The van der Waals surface area contributed by atoms with Crippen LogP contribution in [-0.4, -0.2) is 41.1 Å². The van der Waals surface area contributed by atoms with E-state index in [1.54, 1.807) is 25.7 Å². The lowest BCUT2D eigenvalue weighted by molar-refractivity contribution is 0.000348. The van der Waals surface area contributed by atoms with Crippen LogP contribution in [0.25, 0.3) is 0 Å². The fourth-order valence-corrected chi connectivity index (χ4v) is 3.13. The summed E-state index contributed by atoms with van der Waals surface area (Å²) in [6.45, 7) is 8.15. The fourth-order valence-electron chi connectivity index (χ4n) is 3.13. The molecule has 1 saturated carbocycles. The Kier molecular flexibility index (Phi) is 3.52. The molecule has 116 valence electrons. The highest BCUT2D eigenvalue weighted by atomic mass is 19.3. The van der Waals surface area contributed by atoms with Crippen molar-refractivity contribution in [1.29, 1.82) is 0 Å². The molecule has 2 rings (SSSR count). The van der Waals surface area contributed by atoms with Gasteiger partial charge < -0.3 is 15.4 Å². The van der Waals surface area contributed by atoms with Crippen LogP contribution in [0.15, 0.2) is 0 Å². The number of carbonyl (C=O) groups is 1. The zero-order chi connectivity index (χ0) is 15.3. The second-order valence-electron chi connectivity index (χ2n) is 7.22. The van der Waals surface area contributed by atoms with Crippen molar-refractivity contribution in [2.75, 3.05) is 13.1 Å². The zero-order valence-corrected chi connectivity index (χ0v) is 12.6. The number of ether oxygens (including phenoxy) is 1. The number of amides is 1. The summed E-state index contributed by atoms with van der Waals surface area (Å²) in [4.78, 5) is 13.6. The largest absolute Gasteiger partial charge is 0.444 e. The molecule has 0 aromatic carbocycles. The Labute approximate surface area is 118 Å². The number of carbonyl (C=O) groups excluding carboxylic acids is 1. The molecule has 2 fully saturated rings. The molecule has 0 bridgehead atoms. The van der Waals surface area contributed by atoms with Crippen LogP contribution in [0, 0.1) is 11.8 Å². The molecule has 3 atom stereocenters. The van der Waals surface area contributed by atoms with Gasteiger partial charge in [0, 0.05) is 19.5 Å². The highest BCUT2D eigenvalue weighted by Crippen LogP contribution is 2.58. The first-order valence-corrected chi connectivity index (χ1v) is 7.11. The first-order valence-electron chi connectivity index (χ1n) is 7.11. The van der Waals surface area contributed by atoms with Gasteiger partial charge in [0.2, 0.25) is 0 Å². The Morgan fingerprint density at radius 3 is 2.35 bits per heavy atom. The summed E-state index contributed by atoms with van der Waals surface area (Å²) >= 11 is 0. The van der Waals surface area contributed by atoms with E-state index in [9.17, 15) is 13.6 Å². The molecule has 1 aliphatic carbocycles. The molecular formula is C14H24F2N2O2. The van der Waals surface area contributed by atoms with Gasteiger partial charge in [-0.2, -0.15) is 0 Å².